The predicted molar refractivity (Wildman–Crippen MR) is 103 cm³/mol. The third kappa shape index (κ3) is 4.04. The lowest BCUT2D eigenvalue weighted by Gasteiger charge is -2.49. The van der Waals surface area contributed by atoms with Gasteiger partial charge in [0, 0.05) is 51.8 Å². The van der Waals surface area contributed by atoms with Gasteiger partial charge in [0.15, 0.2) is 0 Å². The second-order valence-electron chi connectivity index (χ2n) is 8.86. The Morgan fingerprint density at radius 3 is 2.63 bits per heavy atom. The van der Waals surface area contributed by atoms with Gasteiger partial charge in [0.25, 0.3) is 0 Å². The van der Waals surface area contributed by atoms with Gasteiger partial charge in [-0.1, -0.05) is 12.8 Å². The molecule has 27 heavy (non-hydrogen) atoms. The number of carbonyl (C=O) groups excluding carboxylic acids is 2. The minimum Gasteiger partial charge on any atom is -0.343 e. The molecule has 2 saturated heterocycles. The molecule has 1 aromatic heterocycles. The molecule has 0 radical (unpaired) electrons. The van der Waals surface area contributed by atoms with E-state index in [2.05, 4.69) is 10.00 Å². The lowest BCUT2D eigenvalue weighted by atomic mass is 9.72. The van der Waals surface area contributed by atoms with Crippen LogP contribution in [0, 0.1) is 5.41 Å². The Morgan fingerprint density at radius 1 is 1.22 bits per heavy atom. The van der Waals surface area contributed by atoms with Crippen LogP contribution in [0.15, 0.2) is 12.4 Å². The first-order valence-electron chi connectivity index (χ1n) is 10.6. The van der Waals surface area contributed by atoms with Gasteiger partial charge in [-0.05, 0) is 49.5 Å². The summed E-state index contributed by atoms with van der Waals surface area (Å²) < 4.78 is 1.78. The highest BCUT2D eigenvalue weighted by Crippen LogP contribution is 2.42. The molecule has 0 aromatic carbocycles. The van der Waals surface area contributed by atoms with Gasteiger partial charge in [-0.3, -0.25) is 14.3 Å². The average molecular weight is 373 g/mol. The summed E-state index contributed by atoms with van der Waals surface area (Å²) in [6.07, 6.45) is 13.8. The van der Waals surface area contributed by atoms with Crippen LogP contribution in [0.5, 0.6) is 0 Å². The van der Waals surface area contributed by atoms with Crippen LogP contribution in [0.1, 0.15) is 63.4 Å². The zero-order chi connectivity index (χ0) is 18.9. The summed E-state index contributed by atoms with van der Waals surface area (Å²) >= 11 is 0. The van der Waals surface area contributed by atoms with Crippen LogP contribution in [0.2, 0.25) is 0 Å². The van der Waals surface area contributed by atoms with Crippen LogP contribution >= 0.6 is 0 Å². The van der Waals surface area contributed by atoms with Gasteiger partial charge in [-0.25, -0.2) is 0 Å². The molecule has 0 unspecified atom stereocenters. The zero-order valence-corrected chi connectivity index (χ0v) is 16.5. The zero-order valence-electron chi connectivity index (χ0n) is 16.5. The fourth-order valence-corrected chi connectivity index (χ4v) is 5.24. The number of amides is 2. The maximum Gasteiger partial charge on any atom is 0.222 e. The Labute approximate surface area is 161 Å². The smallest absolute Gasteiger partial charge is 0.222 e. The molecule has 2 aliphatic heterocycles. The molecule has 1 aliphatic carbocycles. The maximum absolute atomic E-state index is 12.6. The van der Waals surface area contributed by atoms with E-state index in [0.29, 0.717) is 24.8 Å². The molecule has 0 N–H and O–H groups in total. The van der Waals surface area contributed by atoms with Gasteiger partial charge in [-0.15, -0.1) is 0 Å². The van der Waals surface area contributed by atoms with Crippen molar-refractivity contribution in [3.05, 3.63) is 18.0 Å². The number of piperidine rings is 2. The Morgan fingerprint density at radius 2 is 1.96 bits per heavy atom. The van der Waals surface area contributed by atoms with Gasteiger partial charge in [0.2, 0.25) is 11.8 Å². The Kier molecular flexibility index (Phi) is 5.24. The second kappa shape index (κ2) is 7.64. The predicted octanol–water partition coefficient (Wildman–Crippen LogP) is 2.53. The standard InChI is InChI=1S/C21H32N4O2/c1-23-15-17(14-22-23)6-7-19(26)24-12-10-21(11-13-24)9-8-20(27)25(16-21)18-4-2-3-5-18/h14-15,18H,2-13,16H2,1H3. The molecular formula is C21H32N4O2. The van der Waals surface area contributed by atoms with Crippen LogP contribution in [0.25, 0.3) is 0 Å². The summed E-state index contributed by atoms with van der Waals surface area (Å²) in [4.78, 5) is 29.3. The van der Waals surface area contributed by atoms with Crippen LogP contribution < -0.4 is 0 Å². The first kappa shape index (κ1) is 18.5. The highest BCUT2D eigenvalue weighted by atomic mass is 16.2. The number of carbonyl (C=O) groups is 2. The Bertz CT molecular complexity index is 684. The molecule has 1 spiro atoms. The van der Waals surface area contributed by atoms with Gasteiger partial charge >= 0.3 is 0 Å². The van der Waals surface area contributed by atoms with Crippen molar-refractivity contribution in [2.24, 2.45) is 12.5 Å². The monoisotopic (exact) mass is 372 g/mol. The van der Waals surface area contributed by atoms with E-state index in [4.69, 9.17) is 0 Å². The topological polar surface area (TPSA) is 58.4 Å². The van der Waals surface area contributed by atoms with Crippen molar-refractivity contribution in [1.29, 1.82) is 0 Å². The summed E-state index contributed by atoms with van der Waals surface area (Å²) in [5.74, 6) is 0.621. The molecule has 3 fully saturated rings. The van der Waals surface area contributed by atoms with E-state index in [9.17, 15) is 9.59 Å². The summed E-state index contributed by atoms with van der Waals surface area (Å²) in [7, 11) is 1.90. The number of aromatic nitrogens is 2. The maximum atomic E-state index is 12.6. The van der Waals surface area contributed by atoms with E-state index >= 15 is 0 Å². The molecule has 6 nitrogen and oxygen atoms in total. The number of aryl methyl sites for hydroxylation is 2. The molecular weight excluding hydrogens is 340 g/mol. The quantitative estimate of drug-likeness (QED) is 0.816. The van der Waals surface area contributed by atoms with Crippen molar-refractivity contribution in [3.8, 4) is 0 Å². The van der Waals surface area contributed by atoms with Crippen molar-refractivity contribution < 1.29 is 9.59 Å². The van der Waals surface area contributed by atoms with E-state index < -0.39 is 0 Å². The first-order valence-corrected chi connectivity index (χ1v) is 10.6. The van der Waals surface area contributed by atoms with Crippen molar-refractivity contribution in [2.45, 2.75) is 70.3 Å². The van der Waals surface area contributed by atoms with E-state index in [1.165, 1.54) is 25.7 Å². The van der Waals surface area contributed by atoms with Crippen molar-refractivity contribution >= 4 is 11.8 Å². The second-order valence-corrected chi connectivity index (χ2v) is 8.86. The number of likely N-dealkylation sites (tertiary alicyclic amines) is 2. The number of hydrogen-bond donors (Lipinski definition) is 0. The summed E-state index contributed by atoms with van der Waals surface area (Å²) in [5.41, 5.74) is 1.37. The molecule has 1 saturated carbocycles. The van der Waals surface area contributed by atoms with Gasteiger partial charge in [0.1, 0.15) is 0 Å². The van der Waals surface area contributed by atoms with E-state index in [1.807, 2.05) is 24.3 Å². The summed E-state index contributed by atoms with van der Waals surface area (Å²) in [5, 5.41) is 4.17. The van der Waals surface area contributed by atoms with Gasteiger partial charge < -0.3 is 9.80 Å². The third-order valence-corrected chi connectivity index (χ3v) is 7.02. The van der Waals surface area contributed by atoms with Crippen LogP contribution in [0.4, 0.5) is 0 Å². The molecule has 0 atom stereocenters. The van der Waals surface area contributed by atoms with Gasteiger partial charge in [0.05, 0.1) is 6.20 Å². The Balaban J connectivity index is 1.29. The fourth-order valence-electron chi connectivity index (χ4n) is 5.24. The minimum atomic E-state index is 0.247. The van der Waals surface area contributed by atoms with Crippen LogP contribution in [0.3, 0.4) is 0 Å². The van der Waals surface area contributed by atoms with Crippen molar-refractivity contribution in [3.63, 3.8) is 0 Å². The SMILES string of the molecule is Cn1cc(CCC(=O)N2CCC3(CCC(=O)N(C4CCCC4)C3)CC2)cn1. The summed E-state index contributed by atoms with van der Waals surface area (Å²) in [6, 6.07) is 0.480. The molecule has 3 aliphatic rings. The molecule has 1 aromatic rings. The molecule has 3 heterocycles. The van der Waals surface area contributed by atoms with Crippen molar-refractivity contribution in [1.82, 2.24) is 19.6 Å². The van der Waals surface area contributed by atoms with Gasteiger partial charge in [-0.2, -0.15) is 5.10 Å². The van der Waals surface area contributed by atoms with Crippen LogP contribution in [-0.4, -0.2) is 57.1 Å². The molecule has 4 rings (SSSR count). The highest BCUT2D eigenvalue weighted by Gasteiger charge is 2.43. The molecule has 148 valence electrons. The van der Waals surface area contributed by atoms with E-state index in [1.54, 1.807) is 4.68 Å². The number of nitrogens with zero attached hydrogens (tertiary/aromatic N) is 4. The summed E-state index contributed by atoms with van der Waals surface area (Å²) in [6.45, 7) is 2.62. The Hall–Kier alpha value is -1.85. The third-order valence-electron chi connectivity index (χ3n) is 7.02. The molecule has 0 bridgehead atoms. The largest absolute Gasteiger partial charge is 0.343 e. The first-order chi connectivity index (χ1) is 13.0. The number of rotatable bonds is 4. The van der Waals surface area contributed by atoms with Crippen LogP contribution in [-0.2, 0) is 23.1 Å². The minimum absolute atomic E-state index is 0.247. The van der Waals surface area contributed by atoms with E-state index in [0.717, 1.165) is 50.9 Å². The van der Waals surface area contributed by atoms with E-state index in [-0.39, 0.29) is 11.3 Å². The normalized spacial score (nSPS) is 23.4. The molecule has 6 heteroatoms. The fraction of sp³-hybridized carbons (Fsp3) is 0.762. The molecule has 2 amide bonds. The highest BCUT2D eigenvalue weighted by molar-refractivity contribution is 5.78. The van der Waals surface area contributed by atoms with Crippen molar-refractivity contribution in [2.75, 3.05) is 19.6 Å². The average Bonchev–Trinajstić information content (AvgIpc) is 3.34. The lowest BCUT2D eigenvalue weighted by molar-refractivity contribution is -0.145. The lowest BCUT2D eigenvalue weighted by Crippen LogP contribution is -2.54. The number of hydrogen-bond acceptors (Lipinski definition) is 3.